The maximum atomic E-state index is 14.1. The van der Waals surface area contributed by atoms with Crippen LogP contribution in [0.3, 0.4) is 0 Å². The van der Waals surface area contributed by atoms with Crippen molar-refractivity contribution in [2.45, 2.75) is 37.9 Å². The third kappa shape index (κ3) is 4.51. The second kappa shape index (κ2) is 8.01. The molecular formula is C18H28FN3O2S. The average molecular weight is 370 g/mol. The first-order valence-corrected chi connectivity index (χ1v) is 9.99. The van der Waals surface area contributed by atoms with Gasteiger partial charge in [-0.25, -0.2) is 9.18 Å². The van der Waals surface area contributed by atoms with E-state index in [0.717, 1.165) is 19.0 Å². The summed E-state index contributed by atoms with van der Waals surface area (Å²) in [6.07, 6.45) is 2.57. The molecule has 0 aliphatic carbocycles. The minimum atomic E-state index is -1.65. The quantitative estimate of drug-likeness (QED) is 0.839. The van der Waals surface area contributed by atoms with E-state index < -0.39 is 12.3 Å². The standard InChI is InChI=1S/C18H28FN3O2S/c1-14-4-7-21(8-5-14)15(16-3-2-10-25-16)11-20-17(24)22-9-6-18(19,12-22)13-23/h2-3,10,14-15,23H,4-9,11-13H2,1H3,(H,20,24). The zero-order valence-electron chi connectivity index (χ0n) is 14.8. The number of nitrogens with zero attached hydrogens (tertiary/aromatic N) is 2. The van der Waals surface area contributed by atoms with Crippen molar-refractivity contribution in [1.82, 2.24) is 15.1 Å². The Morgan fingerprint density at radius 1 is 1.48 bits per heavy atom. The summed E-state index contributed by atoms with van der Waals surface area (Å²) in [5.41, 5.74) is -1.65. The van der Waals surface area contributed by atoms with Crippen molar-refractivity contribution in [1.29, 1.82) is 0 Å². The van der Waals surface area contributed by atoms with Crippen LogP contribution in [0.1, 0.15) is 37.1 Å². The van der Waals surface area contributed by atoms with Crippen LogP contribution in [0.2, 0.25) is 0 Å². The molecule has 7 heteroatoms. The highest BCUT2D eigenvalue weighted by molar-refractivity contribution is 7.10. The Morgan fingerprint density at radius 2 is 2.24 bits per heavy atom. The third-order valence-corrected chi connectivity index (χ3v) is 6.43. The summed E-state index contributed by atoms with van der Waals surface area (Å²) in [5.74, 6) is 0.760. The monoisotopic (exact) mass is 369 g/mol. The molecule has 2 saturated heterocycles. The number of piperidine rings is 1. The van der Waals surface area contributed by atoms with Crippen LogP contribution in [-0.2, 0) is 0 Å². The van der Waals surface area contributed by atoms with Crippen LogP contribution in [0.15, 0.2) is 17.5 Å². The Morgan fingerprint density at radius 3 is 2.84 bits per heavy atom. The fourth-order valence-electron chi connectivity index (χ4n) is 3.66. The molecule has 2 fully saturated rings. The highest BCUT2D eigenvalue weighted by atomic mass is 32.1. The predicted octanol–water partition coefficient (Wildman–Crippen LogP) is 2.64. The SMILES string of the molecule is CC1CCN(C(CNC(=O)N2CCC(F)(CO)C2)c2cccs2)CC1. The number of nitrogens with one attached hydrogen (secondary N) is 1. The van der Waals surface area contributed by atoms with Crippen molar-refractivity contribution in [2.24, 2.45) is 5.92 Å². The second-order valence-corrected chi connectivity index (χ2v) is 8.40. The molecule has 0 saturated carbocycles. The van der Waals surface area contributed by atoms with Gasteiger partial charge in [-0.05, 0) is 43.3 Å². The number of aliphatic hydroxyl groups excluding tert-OH is 1. The number of urea groups is 1. The number of hydrogen-bond donors (Lipinski definition) is 2. The molecule has 1 aromatic heterocycles. The summed E-state index contributed by atoms with van der Waals surface area (Å²) in [6.45, 7) is 4.71. The molecule has 3 heterocycles. The first-order chi connectivity index (χ1) is 12.0. The molecular weight excluding hydrogens is 341 g/mol. The molecule has 2 amide bonds. The number of alkyl halides is 1. The topological polar surface area (TPSA) is 55.8 Å². The van der Waals surface area contributed by atoms with Crippen molar-refractivity contribution in [3.63, 3.8) is 0 Å². The van der Waals surface area contributed by atoms with E-state index in [9.17, 15) is 9.18 Å². The zero-order valence-corrected chi connectivity index (χ0v) is 15.6. The molecule has 25 heavy (non-hydrogen) atoms. The maximum Gasteiger partial charge on any atom is 0.317 e. The summed E-state index contributed by atoms with van der Waals surface area (Å²) >= 11 is 1.71. The lowest BCUT2D eigenvalue weighted by atomic mass is 9.97. The number of rotatable bonds is 5. The summed E-state index contributed by atoms with van der Waals surface area (Å²) in [7, 11) is 0. The van der Waals surface area contributed by atoms with Crippen LogP contribution in [0.5, 0.6) is 0 Å². The van der Waals surface area contributed by atoms with E-state index in [1.54, 1.807) is 11.3 Å². The Hall–Kier alpha value is -1.18. The molecule has 2 aliphatic rings. The smallest absolute Gasteiger partial charge is 0.317 e. The molecule has 2 atom stereocenters. The van der Waals surface area contributed by atoms with Gasteiger partial charge in [0.2, 0.25) is 0 Å². The van der Waals surface area contributed by atoms with E-state index in [1.165, 1.54) is 22.6 Å². The van der Waals surface area contributed by atoms with E-state index in [1.807, 2.05) is 6.07 Å². The number of aliphatic hydroxyl groups is 1. The summed E-state index contributed by atoms with van der Waals surface area (Å²) in [6, 6.07) is 4.10. The van der Waals surface area contributed by atoms with Gasteiger partial charge < -0.3 is 15.3 Å². The molecule has 2 aliphatic heterocycles. The van der Waals surface area contributed by atoms with Crippen LogP contribution in [0.4, 0.5) is 9.18 Å². The van der Waals surface area contributed by atoms with Crippen LogP contribution in [-0.4, -0.2) is 65.9 Å². The number of carbonyl (C=O) groups excluding carboxylic acids is 1. The summed E-state index contributed by atoms with van der Waals surface area (Å²) < 4.78 is 14.1. The molecule has 0 bridgehead atoms. The molecule has 1 aromatic rings. The normalized spacial score (nSPS) is 26.8. The molecule has 2 N–H and O–H groups in total. The Bertz CT molecular complexity index is 563. The van der Waals surface area contributed by atoms with E-state index in [-0.39, 0.29) is 25.0 Å². The van der Waals surface area contributed by atoms with Gasteiger partial charge in [-0.1, -0.05) is 13.0 Å². The van der Waals surface area contributed by atoms with Crippen molar-refractivity contribution < 1.29 is 14.3 Å². The number of likely N-dealkylation sites (tertiary alicyclic amines) is 2. The number of halogens is 1. The fraction of sp³-hybridized carbons (Fsp3) is 0.722. The number of amides is 2. The van der Waals surface area contributed by atoms with Crippen molar-refractivity contribution in [3.8, 4) is 0 Å². The summed E-state index contributed by atoms with van der Waals surface area (Å²) in [4.78, 5) is 17.6. The molecule has 0 aromatic carbocycles. The van der Waals surface area contributed by atoms with Crippen LogP contribution >= 0.6 is 11.3 Å². The number of carbonyl (C=O) groups is 1. The van der Waals surface area contributed by atoms with Gasteiger partial charge >= 0.3 is 6.03 Å². The van der Waals surface area contributed by atoms with Crippen molar-refractivity contribution in [3.05, 3.63) is 22.4 Å². The highest BCUT2D eigenvalue weighted by Crippen LogP contribution is 2.29. The first kappa shape index (κ1) is 18.6. The molecule has 140 valence electrons. The Kier molecular flexibility index (Phi) is 5.96. The first-order valence-electron chi connectivity index (χ1n) is 9.11. The van der Waals surface area contributed by atoms with Gasteiger partial charge in [-0.3, -0.25) is 4.90 Å². The minimum absolute atomic E-state index is 0.0275. The van der Waals surface area contributed by atoms with Crippen LogP contribution < -0.4 is 5.32 Å². The van der Waals surface area contributed by atoms with E-state index in [0.29, 0.717) is 13.1 Å². The fourth-order valence-corrected chi connectivity index (χ4v) is 4.53. The lowest BCUT2D eigenvalue weighted by molar-refractivity contribution is 0.0802. The molecule has 0 spiro atoms. The van der Waals surface area contributed by atoms with Crippen molar-refractivity contribution in [2.75, 3.05) is 39.3 Å². The predicted molar refractivity (Wildman–Crippen MR) is 97.5 cm³/mol. The van der Waals surface area contributed by atoms with Crippen molar-refractivity contribution >= 4 is 17.4 Å². The minimum Gasteiger partial charge on any atom is -0.393 e. The van der Waals surface area contributed by atoms with Crippen LogP contribution in [0.25, 0.3) is 0 Å². The molecule has 2 unspecified atom stereocenters. The van der Waals surface area contributed by atoms with E-state index in [2.05, 4.69) is 28.6 Å². The van der Waals surface area contributed by atoms with E-state index >= 15 is 0 Å². The van der Waals surface area contributed by atoms with Gasteiger partial charge in [0.25, 0.3) is 0 Å². The number of hydrogen-bond acceptors (Lipinski definition) is 4. The van der Waals surface area contributed by atoms with E-state index in [4.69, 9.17) is 5.11 Å². The largest absolute Gasteiger partial charge is 0.393 e. The van der Waals surface area contributed by atoms with Gasteiger partial charge in [-0.15, -0.1) is 11.3 Å². The Balaban J connectivity index is 1.58. The van der Waals surface area contributed by atoms with Gasteiger partial charge in [0.1, 0.15) is 0 Å². The highest BCUT2D eigenvalue weighted by Gasteiger charge is 2.40. The van der Waals surface area contributed by atoms with Gasteiger partial charge in [0, 0.05) is 24.4 Å². The molecule has 0 radical (unpaired) electrons. The third-order valence-electron chi connectivity index (χ3n) is 5.45. The second-order valence-electron chi connectivity index (χ2n) is 7.42. The molecule has 5 nitrogen and oxygen atoms in total. The summed E-state index contributed by atoms with van der Waals surface area (Å²) in [5, 5.41) is 14.2. The zero-order chi connectivity index (χ0) is 17.9. The van der Waals surface area contributed by atoms with Gasteiger partial charge in [0.05, 0.1) is 19.2 Å². The van der Waals surface area contributed by atoms with Gasteiger partial charge in [-0.2, -0.15) is 0 Å². The van der Waals surface area contributed by atoms with Gasteiger partial charge in [0.15, 0.2) is 5.67 Å². The lowest BCUT2D eigenvalue weighted by Gasteiger charge is -2.36. The lowest BCUT2D eigenvalue weighted by Crippen LogP contribution is -2.46. The maximum absolute atomic E-state index is 14.1. The van der Waals surface area contributed by atoms with Crippen LogP contribution in [0, 0.1) is 5.92 Å². The number of thiophene rings is 1. The molecule has 3 rings (SSSR count). The average Bonchev–Trinajstić information content (AvgIpc) is 3.27. The Labute approximate surface area is 152 Å².